The van der Waals surface area contributed by atoms with Gasteiger partial charge in [-0.25, -0.2) is 14.4 Å². The van der Waals surface area contributed by atoms with E-state index in [1.54, 1.807) is 36.5 Å². The smallest absolute Gasteiger partial charge is 0.270 e. The van der Waals surface area contributed by atoms with Crippen LogP contribution in [0.3, 0.4) is 0 Å². The van der Waals surface area contributed by atoms with Crippen molar-refractivity contribution in [3.05, 3.63) is 77.7 Å². The van der Waals surface area contributed by atoms with Gasteiger partial charge >= 0.3 is 0 Å². The Kier molecular flexibility index (Phi) is 6.30. The Bertz CT molecular complexity index is 1620. The second-order valence-corrected chi connectivity index (χ2v) is 9.75. The number of likely N-dealkylation sites (N-methyl/N-ethyl adjacent to an activating group) is 1. The molecule has 10 nitrogen and oxygen atoms in total. The maximum atomic E-state index is 15.0. The lowest BCUT2D eigenvalue weighted by molar-refractivity contribution is 0.0889. The van der Waals surface area contributed by atoms with Crippen LogP contribution in [0.2, 0.25) is 5.02 Å². The van der Waals surface area contributed by atoms with Gasteiger partial charge in [0, 0.05) is 30.4 Å². The van der Waals surface area contributed by atoms with E-state index in [1.807, 2.05) is 17.7 Å². The molecule has 0 spiro atoms. The van der Waals surface area contributed by atoms with Crippen molar-refractivity contribution in [1.29, 1.82) is 0 Å². The van der Waals surface area contributed by atoms with Gasteiger partial charge in [-0.05, 0) is 43.8 Å². The first-order valence-electron chi connectivity index (χ1n) is 12.1. The molecule has 0 bridgehead atoms. The van der Waals surface area contributed by atoms with Gasteiger partial charge in [-0.15, -0.1) is 0 Å². The Labute approximate surface area is 221 Å². The number of amides is 1. The van der Waals surface area contributed by atoms with Crippen LogP contribution in [0, 0.1) is 5.82 Å². The number of pyridine rings is 2. The zero-order chi connectivity index (χ0) is 26.2. The van der Waals surface area contributed by atoms with Crippen molar-refractivity contribution in [2.45, 2.75) is 18.5 Å². The highest BCUT2D eigenvalue weighted by Crippen LogP contribution is 2.34. The lowest BCUT2D eigenvalue weighted by Gasteiger charge is -2.37. The van der Waals surface area contributed by atoms with Gasteiger partial charge in [-0.1, -0.05) is 23.7 Å². The molecule has 0 radical (unpaired) electrons. The van der Waals surface area contributed by atoms with Crippen LogP contribution >= 0.6 is 11.6 Å². The number of aromatic nitrogens is 7. The molecule has 1 aliphatic heterocycles. The fourth-order valence-corrected chi connectivity index (χ4v) is 5.19. The highest BCUT2D eigenvalue weighted by molar-refractivity contribution is 6.30. The van der Waals surface area contributed by atoms with E-state index < -0.39 is 0 Å². The first-order chi connectivity index (χ1) is 18.5. The third kappa shape index (κ3) is 4.61. The van der Waals surface area contributed by atoms with E-state index in [9.17, 15) is 4.79 Å². The number of carbonyl (C=O) groups is 1. The topological polar surface area (TPSA) is 118 Å². The fourth-order valence-electron chi connectivity index (χ4n) is 5.03. The van der Waals surface area contributed by atoms with Crippen molar-refractivity contribution in [3.8, 4) is 22.9 Å². The number of hydrogen-bond acceptors (Lipinski definition) is 7. The van der Waals surface area contributed by atoms with Crippen molar-refractivity contribution < 1.29 is 9.18 Å². The van der Waals surface area contributed by atoms with Crippen molar-refractivity contribution in [2.75, 3.05) is 20.1 Å². The SMILES string of the molecule is CN1C[C@@H](NC(=O)c2cc(Cl)ccn2)C[C@@H](n2c(-c3ccccc3F)nc3cnc(-c4ncn[nH]4)cc32)C1. The quantitative estimate of drug-likeness (QED) is 0.354. The summed E-state index contributed by atoms with van der Waals surface area (Å²) in [5.74, 6) is 0.352. The second kappa shape index (κ2) is 9.92. The van der Waals surface area contributed by atoms with E-state index in [-0.39, 0.29) is 29.5 Å². The Morgan fingerprint density at radius 2 is 2.03 bits per heavy atom. The zero-order valence-electron chi connectivity index (χ0n) is 20.3. The fraction of sp³-hybridized carbons (Fsp3) is 0.231. The molecule has 5 aromatic rings. The summed E-state index contributed by atoms with van der Waals surface area (Å²) in [6.45, 7) is 1.32. The van der Waals surface area contributed by atoms with Gasteiger partial charge in [-0.2, -0.15) is 5.10 Å². The number of rotatable bonds is 5. The predicted molar refractivity (Wildman–Crippen MR) is 140 cm³/mol. The number of aromatic amines is 1. The summed E-state index contributed by atoms with van der Waals surface area (Å²) in [5, 5.41) is 10.3. The van der Waals surface area contributed by atoms with Crippen molar-refractivity contribution >= 4 is 28.5 Å². The molecule has 192 valence electrons. The highest BCUT2D eigenvalue weighted by Gasteiger charge is 2.31. The molecule has 1 aliphatic rings. The molecule has 0 saturated carbocycles. The average Bonchev–Trinajstić information content (AvgIpc) is 3.57. The largest absolute Gasteiger partial charge is 0.347 e. The number of benzene rings is 1. The number of likely N-dealkylation sites (tertiary alicyclic amines) is 1. The van der Waals surface area contributed by atoms with Crippen LogP contribution in [0.1, 0.15) is 23.0 Å². The van der Waals surface area contributed by atoms with Crippen LogP contribution in [0.25, 0.3) is 33.9 Å². The van der Waals surface area contributed by atoms with Gasteiger partial charge < -0.3 is 14.8 Å². The molecule has 5 heterocycles. The molecule has 12 heteroatoms. The first-order valence-corrected chi connectivity index (χ1v) is 12.4. The predicted octanol–water partition coefficient (Wildman–Crippen LogP) is 3.75. The summed E-state index contributed by atoms with van der Waals surface area (Å²) >= 11 is 6.05. The maximum Gasteiger partial charge on any atom is 0.270 e. The lowest BCUT2D eigenvalue weighted by atomic mass is 9.99. The summed E-state index contributed by atoms with van der Waals surface area (Å²) in [6, 6.07) is 11.3. The summed E-state index contributed by atoms with van der Waals surface area (Å²) in [5.41, 5.74) is 2.65. The number of nitrogens with zero attached hydrogens (tertiary/aromatic N) is 7. The molecule has 1 fully saturated rings. The van der Waals surface area contributed by atoms with Crippen molar-refractivity contribution in [1.82, 2.24) is 44.9 Å². The molecule has 0 unspecified atom stereocenters. The van der Waals surface area contributed by atoms with Crippen LogP contribution < -0.4 is 5.32 Å². The number of fused-ring (bicyclic) bond motifs is 1. The van der Waals surface area contributed by atoms with Gasteiger partial charge in [0.05, 0.1) is 23.3 Å². The summed E-state index contributed by atoms with van der Waals surface area (Å²) in [6.07, 6.45) is 5.18. The van der Waals surface area contributed by atoms with Gasteiger partial charge in [-0.3, -0.25) is 19.9 Å². The number of carbonyl (C=O) groups excluding carboxylic acids is 1. The molecular formula is C26H23ClFN9O. The van der Waals surface area contributed by atoms with Gasteiger partial charge in [0.25, 0.3) is 5.91 Å². The summed E-state index contributed by atoms with van der Waals surface area (Å²) in [4.78, 5) is 32.7. The molecule has 1 aromatic carbocycles. The van der Waals surface area contributed by atoms with E-state index in [2.05, 4.69) is 35.4 Å². The van der Waals surface area contributed by atoms with Crippen LogP contribution in [0.5, 0.6) is 0 Å². The Hall–Kier alpha value is -4.22. The molecular weight excluding hydrogens is 509 g/mol. The van der Waals surface area contributed by atoms with E-state index in [4.69, 9.17) is 16.6 Å². The monoisotopic (exact) mass is 531 g/mol. The van der Waals surface area contributed by atoms with Crippen LogP contribution in [0.4, 0.5) is 4.39 Å². The normalized spacial score (nSPS) is 18.1. The minimum absolute atomic E-state index is 0.129. The second-order valence-electron chi connectivity index (χ2n) is 9.32. The summed E-state index contributed by atoms with van der Waals surface area (Å²) in [7, 11) is 1.99. The molecule has 0 aliphatic carbocycles. The molecule has 1 saturated heterocycles. The van der Waals surface area contributed by atoms with Crippen molar-refractivity contribution in [3.63, 3.8) is 0 Å². The molecule has 2 atom stereocenters. The molecule has 1 amide bonds. The standard InChI is InChI=1S/C26H23ClFN9O/c1-36-12-16(33-26(38)21-8-15(27)6-7-29-21)9-17(13-36)37-23-10-20(24-31-14-32-35-24)30-11-22(23)34-25(37)18-4-2-3-5-19(18)28/h2-8,10-11,14,16-17H,9,12-13H2,1H3,(H,33,38)(H,31,32,35)/t16-,17+/m0/s1. The highest BCUT2D eigenvalue weighted by atomic mass is 35.5. The number of halogens is 2. The van der Waals surface area contributed by atoms with Gasteiger partial charge in [0.1, 0.15) is 34.9 Å². The average molecular weight is 532 g/mol. The molecule has 4 aromatic heterocycles. The Balaban J connectivity index is 1.41. The van der Waals surface area contributed by atoms with Crippen LogP contribution in [-0.4, -0.2) is 71.7 Å². The van der Waals surface area contributed by atoms with E-state index in [0.29, 0.717) is 53.0 Å². The minimum atomic E-state index is -0.367. The zero-order valence-corrected chi connectivity index (χ0v) is 21.1. The van der Waals surface area contributed by atoms with E-state index in [0.717, 1.165) is 5.52 Å². The Morgan fingerprint density at radius 1 is 1.16 bits per heavy atom. The van der Waals surface area contributed by atoms with E-state index in [1.165, 1.54) is 18.6 Å². The van der Waals surface area contributed by atoms with Crippen LogP contribution in [-0.2, 0) is 0 Å². The first kappa shape index (κ1) is 24.1. The number of imidazole rings is 1. The van der Waals surface area contributed by atoms with Crippen LogP contribution in [0.15, 0.2) is 61.2 Å². The number of hydrogen-bond donors (Lipinski definition) is 2. The van der Waals surface area contributed by atoms with E-state index >= 15 is 4.39 Å². The Morgan fingerprint density at radius 3 is 2.82 bits per heavy atom. The molecule has 6 rings (SSSR count). The molecule has 2 N–H and O–H groups in total. The van der Waals surface area contributed by atoms with Crippen molar-refractivity contribution in [2.24, 2.45) is 0 Å². The third-order valence-electron chi connectivity index (χ3n) is 6.61. The molecule has 38 heavy (non-hydrogen) atoms. The third-order valence-corrected chi connectivity index (χ3v) is 6.85. The number of piperidine rings is 1. The number of H-pyrrole nitrogens is 1. The number of nitrogens with one attached hydrogen (secondary N) is 2. The lowest BCUT2D eigenvalue weighted by Crippen LogP contribution is -2.50. The van der Waals surface area contributed by atoms with Gasteiger partial charge in [0.2, 0.25) is 0 Å². The van der Waals surface area contributed by atoms with Gasteiger partial charge in [0.15, 0.2) is 5.82 Å². The maximum absolute atomic E-state index is 15.0. The minimum Gasteiger partial charge on any atom is -0.347 e. The summed E-state index contributed by atoms with van der Waals surface area (Å²) < 4.78 is 17.1.